The molecule has 2 atom stereocenters. The van der Waals surface area contributed by atoms with Crippen LogP contribution in [0.1, 0.15) is 33.1 Å². The molecule has 0 saturated carbocycles. The van der Waals surface area contributed by atoms with Gasteiger partial charge in [0.2, 0.25) is 8.32 Å². The molecule has 0 saturated heterocycles. The van der Waals surface area contributed by atoms with Crippen molar-refractivity contribution < 1.29 is 9.22 Å². The van der Waals surface area contributed by atoms with E-state index in [2.05, 4.69) is 39.6 Å². The molecule has 0 spiro atoms. The number of hydrogen-bond acceptors (Lipinski definition) is 2. The maximum Gasteiger partial charge on any atom is 0.241 e. The largest absolute Gasteiger partial charge is 0.548 e. The van der Waals surface area contributed by atoms with E-state index in [1.165, 1.54) is 0 Å². The van der Waals surface area contributed by atoms with Crippen LogP contribution in [0.15, 0.2) is 11.8 Å². The highest BCUT2D eigenvalue weighted by molar-refractivity contribution is 6.70. The number of carbonyl (C=O) groups is 1. The monoisotopic (exact) mass is 240 g/mol. The summed E-state index contributed by atoms with van der Waals surface area (Å²) in [6.45, 7) is 10.8. The van der Waals surface area contributed by atoms with Gasteiger partial charge < -0.3 is 9.22 Å². The molecule has 0 heterocycles. The quantitative estimate of drug-likeness (QED) is 0.552. The van der Waals surface area contributed by atoms with Gasteiger partial charge in [-0.2, -0.15) is 0 Å². The Bertz CT molecular complexity index is 291. The van der Waals surface area contributed by atoms with Gasteiger partial charge in [0.25, 0.3) is 0 Å². The third kappa shape index (κ3) is 2.97. The first kappa shape index (κ1) is 13.5. The lowest BCUT2D eigenvalue weighted by molar-refractivity contribution is -0.119. The van der Waals surface area contributed by atoms with E-state index in [4.69, 9.17) is 4.43 Å². The molecule has 0 aromatic carbocycles. The van der Waals surface area contributed by atoms with Crippen LogP contribution in [0.25, 0.3) is 0 Å². The molecule has 1 aliphatic rings. The fourth-order valence-electron chi connectivity index (χ4n) is 2.34. The van der Waals surface area contributed by atoms with Crippen LogP contribution in [0.4, 0.5) is 0 Å². The van der Waals surface area contributed by atoms with E-state index in [0.717, 1.165) is 31.3 Å². The van der Waals surface area contributed by atoms with Crippen molar-refractivity contribution in [2.75, 3.05) is 0 Å². The molecule has 0 aromatic heterocycles. The van der Waals surface area contributed by atoms with E-state index in [1.54, 1.807) is 0 Å². The van der Waals surface area contributed by atoms with Crippen molar-refractivity contribution in [3.05, 3.63) is 11.8 Å². The number of allylic oxidation sites excluding steroid dienone is 2. The molecule has 0 N–H and O–H groups in total. The Balaban J connectivity index is 2.80. The van der Waals surface area contributed by atoms with Gasteiger partial charge in [-0.1, -0.05) is 13.8 Å². The third-order valence-corrected chi connectivity index (χ3v) is 4.38. The van der Waals surface area contributed by atoms with Crippen LogP contribution in [-0.2, 0) is 9.22 Å². The van der Waals surface area contributed by atoms with Crippen molar-refractivity contribution in [2.45, 2.75) is 52.8 Å². The van der Waals surface area contributed by atoms with Crippen molar-refractivity contribution >= 4 is 14.6 Å². The van der Waals surface area contributed by atoms with Crippen LogP contribution in [0.2, 0.25) is 19.6 Å². The molecular formula is C13H24O2Si. The molecule has 0 bridgehead atoms. The van der Waals surface area contributed by atoms with Gasteiger partial charge >= 0.3 is 0 Å². The van der Waals surface area contributed by atoms with Crippen LogP contribution < -0.4 is 0 Å². The Labute approximate surface area is 100 Å². The molecule has 2 nitrogen and oxygen atoms in total. The van der Waals surface area contributed by atoms with Gasteiger partial charge in [-0.25, -0.2) is 0 Å². The van der Waals surface area contributed by atoms with E-state index in [1.807, 2.05) is 0 Å². The van der Waals surface area contributed by atoms with E-state index >= 15 is 0 Å². The second kappa shape index (κ2) is 4.74. The molecule has 0 fully saturated rings. The lowest BCUT2D eigenvalue weighted by Gasteiger charge is -2.37. The van der Waals surface area contributed by atoms with Gasteiger partial charge in [0.05, 0.1) is 5.76 Å². The average molecular weight is 240 g/mol. The summed E-state index contributed by atoms with van der Waals surface area (Å²) in [5.74, 6) is 1.41. The Morgan fingerprint density at radius 3 is 2.56 bits per heavy atom. The Morgan fingerprint density at radius 1 is 1.56 bits per heavy atom. The molecule has 2 unspecified atom stereocenters. The maximum absolute atomic E-state index is 11.3. The third-order valence-electron chi connectivity index (χ3n) is 3.51. The molecule has 3 heteroatoms. The molecule has 0 radical (unpaired) electrons. The zero-order chi connectivity index (χ0) is 12.4. The predicted molar refractivity (Wildman–Crippen MR) is 69.7 cm³/mol. The Kier molecular flexibility index (Phi) is 4.00. The topological polar surface area (TPSA) is 26.3 Å². The SMILES string of the molecule is CCC1(C=O)CCC(O[Si](C)(C)C)=CC1C. The van der Waals surface area contributed by atoms with Crippen LogP contribution in [0.3, 0.4) is 0 Å². The number of rotatable bonds is 4. The van der Waals surface area contributed by atoms with Gasteiger partial charge in [0.1, 0.15) is 6.29 Å². The Hall–Kier alpha value is -0.573. The standard InChI is InChI=1S/C13H24O2Si/c1-6-13(10-14)8-7-12(9-11(13)2)15-16(3,4)5/h9-11H,6-8H2,1-5H3. The average Bonchev–Trinajstić information content (AvgIpc) is 2.17. The van der Waals surface area contributed by atoms with Crippen LogP contribution in [-0.4, -0.2) is 14.6 Å². The first-order valence-corrected chi connectivity index (χ1v) is 9.60. The predicted octanol–water partition coefficient (Wildman–Crippen LogP) is 3.75. The lowest BCUT2D eigenvalue weighted by Crippen LogP contribution is -2.34. The van der Waals surface area contributed by atoms with Crippen molar-refractivity contribution in [3.63, 3.8) is 0 Å². The first-order valence-electron chi connectivity index (χ1n) is 6.19. The molecule has 0 aromatic rings. The summed E-state index contributed by atoms with van der Waals surface area (Å²) in [6.07, 6.45) is 6.10. The summed E-state index contributed by atoms with van der Waals surface area (Å²) < 4.78 is 6.02. The van der Waals surface area contributed by atoms with Crippen molar-refractivity contribution in [3.8, 4) is 0 Å². The Morgan fingerprint density at radius 2 is 2.19 bits per heavy atom. The van der Waals surface area contributed by atoms with Gasteiger partial charge in [0, 0.05) is 11.8 Å². The van der Waals surface area contributed by atoms with Gasteiger partial charge in [-0.15, -0.1) is 0 Å². The lowest BCUT2D eigenvalue weighted by atomic mass is 9.69. The summed E-state index contributed by atoms with van der Waals surface area (Å²) in [5.41, 5.74) is -0.147. The maximum atomic E-state index is 11.3. The van der Waals surface area contributed by atoms with Crippen molar-refractivity contribution in [2.24, 2.45) is 11.3 Å². The minimum Gasteiger partial charge on any atom is -0.548 e. The van der Waals surface area contributed by atoms with Gasteiger partial charge in [-0.05, 0) is 44.5 Å². The second-order valence-electron chi connectivity index (χ2n) is 5.84. The summed E-state index contributed by atoms with van der Waals surface area (Å²) in [7, 11) is -1.50. The van der Waals surface area contributed by atoms with Gasteiger partial charge in [-0.3, -0.25) is 0 Å². The molecule has 0 aliphatic heterocycles. The normalized spacial score (nSPS) is 30.8. The van der Waals surface area contributed by atoms with Crippen LogP contribution in [0, 0.1) is 11.3 Å². The minimum absolute atomic E-state index is 0.147. The summed E-state index contributed by atoms with van der Waals surface area (Å²) in [4.78, 5) is 11.3. The fourth-order valence-corrected chi connectivity index (χ4v) is 3.30. The van der Waals surface area contributed by atoms with E-state index in [9.17, 15) is 4.79 Å². The van der Waals surface area contributed by atoms with Crippen molar-refractivity contribution in [1.82, 2.24) is 0 Å². The van der Waals surface area contributed by atoms with E-state index in [0.29, 0.717) is 5.92 Å². The minimum atomic E-state index is -1.50. The fraction of sp³-hybridized carbons (Fsp3) is 0.769. The first-order chi connectivity index (χ1) is 7.33. The van der Waals surface area contributed by atoms with Crippen LogP contribution >= 0.6 is 0 Å². The molecule has 92 valence electrons. The molecular weight excluding hydrogens is 216 g/mol. The summed E-state index contributed by atoms with van der Waals surface area (Å²) >= 11 is 0. The number of carbonyl (C=O) groups excluding carboxylic acids is 1. The van der Waals surface area contributed by atoms with Crippen LogP contribution in [0.5, 0.6) is 0 Å². The smallest absolute Gasteiger partial charge is 0.241 e. The van der Waals surface area contributed by atoms with Crippen molar-refractivity contribution in [1.29, 1.82) is 0 Å². The highest BCUT2D eigenvalue weighted by Gasteiger charge is 2.37. The zero-order valence-corrected chi connectivity index (χ0v) is 12.2. The molecule has 1 aliphatic carbocycles. The highest BCUT2D eigenvalue weighted by Crippen LogP contribution is 2.41. The number of hydrogen-bond donors (Lipinski definition) is 0. The molecule has 1 rings (SSSR count). The highest BCUT2D eigenvalue weighted by atomic mass is 28.4. The summed E-state index contributed by atoms with van der Waals surface area (Å²) in [5, 5.41) is 0. The molecule has 0 amide bonds. The second-order valence-corrected chi connectivity index (χ2v) is 10.3. The van der Waals surface area contributed by atoms with E-state index in [-0.39, 0.29) is 5.41 Å². The molecule has 16 heavy (non-hydrogen) atoms. The zero-order valence-electron chi connectivity index (χ0n) is 11.2. The summed E-state index contributed by atoms with van der Waals surface area (Å²) in [6, 6.07) is 0. The van der Waals surface area contributed by atoms with Gasteiger partial charge in [0.15, 0.2) is 0 Å². The van der Waals surface area contributed by atoms with E-state index < -0.39 is 8.32 Å². The number of aldehydes is 1.